The number of amides is 1. The Kier molecular flexibility index (Phi) is 15.1. The molecule has 0 bridgehead atoms. The van der Waals surface area contributed by atoms with Crippen molar-refractivity contribution in [1.29, 1.82) is 0 Å². The number of nitrogens with zero attached hydrogens (tertiary/aromatic N) is 1. The van der Waals surface area contributed by atoms with E-state index in [1.165, 1.54) is 24.3 Å². The minimum Gasteiger partial charge on any atom is -0.726 e. The van der Waals surface area contributed by atoms with Crippen molar-refractivity contribution in [2.45, 2.75) is 13.0 Å². The zero-order valence-electron chi connectivity index (χ0n) is 23.9. The van der Waals surface area contributed by atoms with Crippen LogP contribution in [0.25, 0.3) is 0 Å². The summed E-state index contributed by atoms with van der Waals surface area (Å²) >= 11 is 12.5. The molecule has 1 unspecified atom stereocenters. The van der Waals surface area contributed by atoms with E-state index in [4.69, 9.17) is 50.2 Å². The summed E-state index contributed by atoms with van der Waals surface area (Å²) < 4.78 is 82.8. The van der Waals surface area contributed by atoms with Crippen molar-refractivity contribution in [3.05, 3.63) is 86.4 Å². The maximum Gasteiger partial charge on any atom is 1.00 e. The van der Waals surface area contributed by atoms with Crippen molar-refractivity contribution >= 4 is 55.9 Å². The molecule has 238 valence electrons. The molecule has 2 aliphatic rings. The van der Waals surface area contributed by atoms with Gasteiger partial charge in [-0.05, 0) is 32.3 Å². The maximum absolute atomic E-state index is 13.2. The number of nitrogens with one attached hydrogen (secondary N) is 1. The molecule has 3 aromatic rings. The molecule has 0 saturated carbocycles. The van der Waals surface area contributed by atoms with Crippen LogP contribution in [0.3, 0.4) is 0 Å². The van der Waals surface area contributed by atoms with E-state index in [2.05, 4.69) is 15.6 Å². The number of carbonyl (C=O) groups excluding carboxylic acids is 2. The Bertz CT molecular complexity index is 1850. The van der Waals surface area contributed by atoms with Gasteiger partial charge in [0, 0.05) is 41.6 Å². The number of likely N-dealkylation sites (N-methyl/N-ethyl adjacent to an activating group) is 1. The molecule has 1 atom stereocenters. The van der Waals surface area contributed by atoms with Crippen LogP contribution in [0.15, 0.2) is 42.5 Å². The van der Waals surface area contributed by atoms with E-state index in [0.29, 0.717) is 24.2 Å². The van der Waals surface area contributed by atoms with Gasteiger partial charge in [-0.2, -0.15) is 6.07 Å². The fourth-order valence-electron chi connectivity index (χ4n) is 4.45. The molecule has 2 N–H and O–H groups in total. The number of ether oxygens (including phenoxy) is 2. The molecule has 0 aromatic heterocycles. The van der Waals surface area contributed by atoms with Gasteiger partial charge in [0.25, 0.3) is 16.3 Å². The van der Waals surface area contributed by atoms with Crippen molar-refractivity contribution in [3.63, 3.8) is 0 Å². The van der Waals surface area contributed by atoms with Crippen molar-refractivity contribution in [2.24, 2.45) is 0 Å². The Balaban J connectivity index is 0.00000123. The molecule has 0 saturated heterocycles. The van der Waals surface area contributed by atoms with Crippen LogP contribution in [0.1, 0.15) is 44.8 Å². The molecular formula is C26H23Cl2N2Na2O12S2-. The van der Waals surface area contributed by atoms with E-state index in [1.807, 2.05) is 19.0 Å². The zero-order chi connectivity index (χ0) is 31.9. The van der Waals surface area contributed by atoms with Crippen LogP contribution >= 0.6 is 23.2 Å². The molecule has 5 rings (SSSR count). The van der Waals surface area contributed by atoms with Crippen molar-refractivity contribution in [1.82, 2.24) is 10.2 Å². The number of esters is 1. The minimum atomic E-state index is -5.14. The van der Waals surface area contributed by atoms with E-state index in [-0.39, 0.29) is 111 Å². The first-order chi connectivity index (χ1) is 19.9. The van der Waals surface area contributed by atoms with Crippen LogP contribution in [0.5, 0.6) is 17.2 Å². The van der Waals surface area contributed by atoms with Crippen molar-refractivity contribution in [3.8, 4) is 17.2 Å². The van der Waals surface area contributed by atoms with Gasteiger partial charge in [0.15, 0.2) is 11.4 Å². The summed E-state index contributed by atoms with van der Waals surface area (Å²) in [6, 6.07) is 12.7. The molecule has 0 radical (unpaired) electrons. The molecule has 1 amide bonds. The average Bonchev–Trinajstić information content (AvgIpc) is 3.16. The van der Waals surface area contributed by atoms with Gasteiger partial charge in [0.1, 0.15) is 5.75 Å². The summed E-state index contributed by atoms with van der Waals surface area (Å²) in [6.45, 7) is 1.04. The molecule has 46 heavy (non-hydrogen) atoms. The predicted octanol–water partition coefficient (Wildman–Crippen LogP) is -2.86. The van der Waals surface area contributed by atoms with Gasteiger partial charge < -0.3 is 33.0 Å². The van der Waals surface area contributed by atoms with Crippen LogP contribution < -0.4 is 73.4 Å². The second-order valence-corrected chi connectivity index (χ2v) is 11.9. The third-order valence-electron chi connectivity index (χ3n) is 6.05. The van der Waals surface area contributed by atoms with E-state index in [0.717, 1.165) is 6.07 Å². The van der Waals surface area contributed by atoms with Crippen molar-refractivity contribution < 1.29 is 113 Å². The van der Waals surface area contributed by atoms with E-state index >= 15 is 0 Å². The molecule has 3 aromatic carbocycles. The van der Waals surface area contributed by atoms with Crippen LogP contribution in [-0.4, -0.2) is 74.5 Å². The van der Waals surface area contributed by atoms with Gasteiger partial charge in [-0.3, -0.25) is 9.35 Å². The summed E-state index contributed by atoms with van der Waals surface area (Å²) in [5, 5.41) is 2.76. The minimum absolute atomic E-state index is 0. The number of hydrogen-bond acceptors (Lipinski definition) is 12. The third-order valence-corrected chi connectivity index (χ3v) is 6.95. The first-order valence-corrected chi connectivity index (χ1v) is 15.2. The standard InChI is InChI=1S/C25H19Cl2N2O8S.CH4.2Na.H2O4S/c1-29(2)8-7-28-23(30)13-3-5-16-15(9-13)24(31)36-25(16)17-10-14(26)4-6-20(17)35-21-12-22(37-38(32,33)34)19(27)11-18(21)25;;;;1-5(2,3)4/h3,5-6,9-12H,7-8H2,1-2H3,(H,28,30)(H,32,33,34);1H4;;;(H2,1,2,3,4)/q-1;;2*+1;/p-2. The molecule has 14 nitrogen and oxygen atoms in total. The molecule has 2 aliphatic heterocycles. The SMILES string of the molecule is C.CN(C)CCNC(=O)c1ccc2c(c1)C(=O)OC21c2cc(Cl)[c-]cc2Oc2cc(OS(=O)(=O)[O-])c(Cl)cc21.O=S(=O)([O-])O.[Na+].[Na+]. The van der Waals surface area contributed by atoms with Gasteiger partial charge in [0.2, 0.25) is 10.4 Å². The Morgan fingerprint density at radius 3 is 2.24 bits per heavy atom. The largest absolute Gasteiger partial charge is 1.00 e. The molecule has 1 spiro atoms. The third kappa shape index (κ3) is 9.79. The van der Waals surface area contributed by atoms with Gasteiger partial charge in [-0.1, -0.05) is 35.7 Å². The zero-order valence-corrected chi connectivity index (χ0v) is 31.1. The van der Waals surface area contributed by atoms with Gasteiger partial charge >= 0.3 is 65.1 Å². The fourth-order valence-corrected chi connectivity index (χ4v) is 5.22. The quantitative estimate of drug-likeness (QED) is 0.0859. The number of benzene rings is 3. The number of carbonyl (C=O) groups is 2. The Labute approximate surface area is 319 Å². The molecule has 2 heterocycles. The van der Waals surface area contributed by atoms with Crippen molar-refractivity contribution in [2.75, 3.05) is 27.2 Å². The number of hydrogen-bond donors (Lipinski definition) is 2. The second-order valence-electron chi connectivity index (χ2n) is 9.25. The topological polar surface area (TPSA) is 212 Å². The van der Waals surface area contributed by atoms with E-state index in [1.54, 1.807) is 12.1 Å². The Morgan fingerprint density at radius 1 is 1.04 bits per heavy atom. The number of rotatable bonds is 6. The average molecular weight is 736 g/mol. The Morgan fingerprint density at radius 2 is 1.65 bits per heavy atom. The summed E-state index contributed by atoms with van der Waals surface area (Å²) in [7, 11) is -6.30. The monoisotopic (exact) mass is 735 g/mol. The van der Waals surface area contributed by atoms with Crippen LogP contribution in [-0.2, 0) is 31.1 Å². The summed E-state index contributed by atoms with van der Waals surface area (Å²) in [5.74, 6) is -1.33. The second kappa shape index (κ2) is 16.3. The normalized spacial score (nSPS) is 15.6. The van der Waals surface area contributed by atoms with E-state index < -0.39 is 38.1 Å². The van der Waals surface area contributed by atoms with E-state index in [9.17, 15) is 22.6 Å². The number of fused-ring (bicyclic) bond motifs is 6. The molecule has 0 fully saturated rings. The molecular weight excluding hydrogens is 713 g/mol. The number of halogens is 2. The first-order valence-electron chi connectivity index (χ1n) is 11.8. The summed E-state index contributed by atoms with van der Waals surface area (Å²) in [5.41, 5.74) is -0.278. The maximum atomic E-state index is 13.2. The molecule has 0 aliphatic carbocycles. The predicted molar refractivity (Wildman–Crippen MR) is 154 cm³/mol. The van der Waals surface area contributed by atoms with Crippen LogP contribution in [0.4, 0.5) is 0 Å². The fraction of sp³-hybridized carbons (Fsp3) is 0.231. The van der Waals surface area contributed by atoms with Crippen LogP contribution in [0.2, 0.25) is 10.0 Å². The summed E-state index contributed by atoms with van der Waals surface area (Å²) in [6.07, 6.45) is 0. The van der Waals surface area contributed by atoms with Gasteiger partial charge in [0.05, 0.1) is 10.6 Å². The first kappa shape index (κ1) is 42.5. The van der Waals surface area contributed by atoms with Gasteiger partial charge in [-0.25, -0.2) is 21.6 Å². The summed E-state index contributed by atoms with van der Waals surface area (Å²) in [4.78, 5) is 27.9. The Hall–Kier alpha value is -1.48. The van der Waals surface area contributed by atoms with Crippen LogP contribution in [0, 0.1) is 6.07 Å². The molecule has 20 heteroatoms. The smallest absolute Gasteiger partial charge is 0.726 e. The van der Waals surface area contributed by atoms with Gasteiger partial charge in [-0.15, -0.1) is 23.7 Å².